The Bertz CT molecular complexity index is 292. The van der Waals surface area contributed by atoms with Gasteiger partial charge in [-0.15, -0.1) is 12.4 Å². The zero-order valence-electron chi connectivity index (χ0n) is 6.29. The molecule has 1 heterocycles. The molecule has 0 spiro atoms. The quantitative estimate of drug-likeness (QED) is 0.674. The Hall–Kier alpha value is -0.800. The van der Waals surface area contributed by atoms with Crippen molar-refractivity contribution >= 4 is 12.4 Å². The van der Waals surface area contributed by atoms with Crippen molar-refractivity contribution in [3.8, 4) is 5.75 Å². The summed E-state index contributed by atoms with van der Waals surface area (Å²) in [6, 6.07) is 4.24. The van der Waals surface area contributed by atoms with Crippen LogP contribution in [0, 0.1) is 5.82 Å². The van der Waals surface area contributed by atoms with Crippen LogP contribution in [0.1, 0.15) is 11.6 Å². The van der Waals surface area contributed by atoms with E-state index in [1.165, 1.54) is 12.1 Å². The van der Waals surface area contributed by atoms with Gasteiger partial charge in [-0.3, -0.25) is 0 Å². The first-order valence-electron chi connectivity index (χ1n) is 3.45. The molecule has 2 rings (SSSR count). The lowest BCUT2D eigenvalue weighted by Crippen LogP contribution is -2.10. The van der Waals surface area contributed by atoms with Gasteiger partial charge >= 0.3 is 0 Å². The molecule has 1 atom stereocenters. The fraction of sp³-hybridized carbons (Fsp3) is 0.250. The van der Waals surface area contributed by atoms with E-state index in [2.05, 4.69) is 0 Å². The third kappa shape index (κ3) is 1.38. The summed E-state index contributed by atoms with van der Waals surface area (Å²) < 4.78 is 17.8. The lowest BCUT2D eigenvalue weighted by atomic mass is 10.1. The minimum atomic E-state index is -0.260. The van der Waals surface area contributed by atoms with Crippen LogP contribution in [0.2, 0.25) is 0 Å². The average molecular weight is 190 g/mol. The molecule has 0 unspecified atom stereocenters. The number of ether oxygens (including phenoxy) is 1. The van der Waals surface area contributed by atoms with E-state index in [-0.39, 0.29) is 24.3 Å². The zero-order chi connectivity index (χ0) is 7.84. The molecule has 1 aromatic carbocycles. The number of hydrogen-bond acceptors (Lipinski definition) is 2. The Morgan fingerprint density at radius 1 is 1.50 bits per heavy atom. The van der Waals surface area contributed by atoms with Crippen molar-refractivity contribution in [2.45, 2.75) is 6.04 Å². The van der Waals surface area contributed by atoms with Gasteiger partial charge in [-0.05, 0) is 18.2 Å². The minimum absolute atomic E-state index is 0. The van der Waals surface area contributed by atoms with Crippen molar-refractivity contribution in [2.24, 2.45) is 5.73 Å². The number of hydrogen-bond donors (Lipinski definition) is 1. The normalized spacial score (nSPS) is 19.3. The number of fused-ring (bicyclic) bond motifs is 1. The van der Waals surface area contributed by atoms with Gasteiger partial charge in [-0.25, -0.2) is 4.39 Å². The second-order valence-corrected chi connectivity index (χ2v) is 2.60. The summed E-state index contributed by atoms with van der Waals surface area (Å²) in [5.74, 6) is 0.448. The third-order valence-electron chi connectivity index (χ3n) is 1.79. The molecule has 1 aliphatic heterocycles. The topological polar surface area (TPSA) is 35.2 Å². The summed E-state index contributed by atoms with van der Waals surface area (Å²) in [4.78, 5) is 0. The van der Waals surface area contributed by atoms with E-state index in [9.17, 15) is 4.39 Å². The van der Waals surface area contributed by atoms with E-state index in [1.54, 1.807) is 6.07 Å². The van der Waals surface area contributed by atoms with Gasteiger partial charge in [0.15, 0.2) is 0 Å². The van der Waals surface area contributed by atoms with Crippen molar-refractivity contribution in [1.29, 1.82) is 0 Å². The van der Waals surface area contributed by atoms with E-state index < -0.39 is 0 Å². The standard InChI is InChI=1S/C8H8FNO.ClH/c9-5-1-2-8-6(3-5)7(10)4-11-8;/h1-3,7H,4,10H2;1H/t7-;/m0./s1. The number of halogens is 2. The van der Waals surface area contributed by atoms with E-state index in [0.717, 1.165) is 5.56 Å². The number of nitrogens with two attached hydrogens (primary N) is 1. The van der Waals surface area contributed by atoms with Gasteiger partial charge in [0, 0.05) is 5.56 Å². The first-order chi connectivity index (χ1) is 5.27. The highest BCUT2D eigenvalue weighted by Crippen LogP contribution is 2.30. The molecule has 0 fully saturated rings. The second-order valence-electron chi connectivity index (χ2n) is 2.60. The molecule has 1 aromatic rings. The smallest absolute Gasteiger partial charge is 0.124 e. The van der Waals surface area contributed by atoms with Crippen molar-refractivity contribution in [1.82, 2.24) is 0 Å². The summed E-state index contributed by atoms with van der Waals surface area (Å²) >= 11 is 0. The highest BCUT2D eigenvalue weighted by molar-refractivity contribution is 5.85. The molecule has 1 aliphatic rings. The maximum absolute atomic E-state index is 12.6. The molecule has 4 heteroatoms. The molecule has 0 bridgehead atoms. The fourth-order valence-corrected chi connectivity index (χ4v) is 1.21. The van der Waals surface area contributed by atoms with Crippen LogP contribution in [-0.2, 0) is 0 Å². The molecular formula is C8H9ClFNO. The van der Waals surface area contributed by atoms with Gasteiger partial charge in [-0.2, -0.15) is 0 Å². The molecule has 2 N–H and O–H groups in total. The van der Waals surface area contributed by atoms with Crippen molar-refractivity contribution in [3.05, 3.63) is 29.6 Å². The lowest BCUT2D eigenvalue weighted by Gasteiger charge is -1.98. The van der Waals surface area contributed by atoms with Gasteiger partial charge < -0.3 is 10.5 Å². The monoisotopic (exact) mass is 189 g/mol. The van der Waals surface area contributed by atoms with E-state index >= 15 is 0 Å². The van der Waals surface area contributed by atoms with Crippen LogP contribution >= 0.6 is 12.4 Å². The highest BCUT2D eigenvalue weighted by atomic mass is 35.5. The second kappa shape index (κ2) is 3.29. The molecule has 0 aromatic heterocycles. The van der Waals surface area contributed by atoms with Crippen LogP contribution in [0.5, 0.6) is 5.75 Å². The van der Waals surface area contributed by atoms with E-state index in [4.69, 9.17) is 10.5 Å². The maximum atomic E-state index is 12.6. The number of benzene rings is 1. The molecule has 0 saturated carbocycles. The first kappa shape index (κ1) is 9.29. The summed E-state index contributed by atoms with van der Waals surface area (Å²) in [6.07, 6.45) is 0. The van der Waals surface area contributed by atoms with Gasteiger partial charge in [0.1, 0.15) is 18.2 Å². The van der Waals surface area contributed by atoms with E-state index in [0.29, 0.717) is 12.4 Å². The summed E-state index contributed by atoms with van der Waals surface area (Å²) in [6.45, 7) is 0.457. The molecule has 2 nitrogen and oxygen atoms in total. The highest BCUT2D eigenvalue weighted by Gasteiger charge is 2.20. The SMILES string of the molecule is Cl.N[C@H]1COc2ccc(F)cc21. The van der Waals surface area contributed by atoms with Crippen LogP contribution < -0.4 is 10.5 Å². The van der Waals surface area contributed by atoms with Crippen molar-refractivity contribution in [3.63, 3.8) is 0 Å². The first-order valence-corrected chi connectivity index (χ1v) is 3.45. The Labute approximate surface area is 75.9 Å². The van der Waals surface area contributed by atoms with Crippen LogP contribution in [0.15, 0.2) is 18.2 Å². The Morgan fingerprint density at radius 2 is 2.25 bits per heavy atom. The Balaban J connectivity index is 0.000000720. The predicted octanol–water partition coefficient (Wildman–Crippen LogP) is 1.64. The lowest BCUT2D eigenvalue weighted by molar-refractivity contribution is 0.333. The van der Waals surface area contributed by atoms with Crippen molar-refractivity contribution in [2.75, 3.05) is 6.61 Å². The molecule has 12 heavy (non-hydrogen) atoms. The van der Waals surface area contributed by atoms with Gasteiger partial charge in [-0.1, -0.05) is 0 Å². The number of rotatable bonds is 0. The van der Waals surface area contributed by atoms with Gasteiger partial charge in [0.25, 0.3) is 0 Å². The van der Waals surface area contributed by atoms with Gasteiger partial charge in [0.05, 0.1) is 6.04 Å². The molecule has 0 aliphatic carbocycles. The largest absolute Gasteiger partial charge is 0.491 e. The summed E-state index contributed by atoms with van der Waals surface area (Å²) in [7, 11) is 0. The summed E-state index contributed by atoms with van der Waals surface area (Å²) in [5, 5.41) is 0. The summed E-state index contributed by atoms with van der Waals surface area (Å²) in [5.41, 5.74) is 6.39. The van der Waals surface area contributed by atoms with Crippen LogP contribution in [-0.4, -0.2) is 6.61 Å². The average Bonchev–Trinajstić information content (AvgIpc) is 2.33. The van der Waals surface area contributed by atoms with Crippen LogP contribution in [0.3, 0.4) is 0 Å². The minimum Gasteiger partial charge on any atom is -0.491 e. The Morgan fingerprint density at radius 3 is 3.00 bits per heavy atom. The van der Waals surface area contributed by atoms with Crippen LogP contribution in [0.4, 0.5) is 4.39 Å². The fourth-order valence-electron chi connectivity index (χ4n) is 1.21. The molecule has 0 amide bonds. The molecule has 66 valence electrons. The molecule has 0 radical (unpaired) electrons. The van der Waals surface area contributed by atoms with Crippen LogP contribution in [0.25, 0.3) is 0 Å². The Kier molecular flexibility index (Phi) is 2.55. The zero-order valence-corrected chi connectivity index (χ0v) is 7.10. The van der Waals surface area contributed by atoms with E-state index in [1.807, 2.05) is 0 Å². The van der Waals surface area contributed by atoms with Crippen molar-refractivity contribution < 1.29 is 9.13 Å². The third-order valence-corrected chi connectivity index (χ3v) is 1.79. The predicted molar refractivity (Wildman–Crippen MR) is 46.1 cm³/mol. The van der Waals surface area contributed by atoms with Gasteiger partial charge in [0.2, 0.25) is 0 Å². The maximum Gasteiger partial charge on any atom is 0.124 e. The molecular weight excluding hydrogens is 181 g/mol. The molecule has 0 saturated heterocycles.